The van der Waals surface area contributed by atoms with Crippen LogP contribution in [0.4, 0.5) is 10.1 Å². The third kappa shape index (κ3) is 3.21. The average molecular weight is 358 g/mol. The first kappa shape index (κ1) is 17.4. The van der Waals surface area contributed by atoms with Gasteiger partial charge in [-0.3, -0.25) is 9.36 Å². The summed E-state index contributed by atoms with van der Waals surface area (Å²) in [5, 5.41) is 2.61. The lowest BCUT2D eigenvalue weighted by Crippen LogP contribution is -2.29. The molecular formula is C18H15FN2O5. The number of nitrogens with one attached hydrogen (secondary N) is 1. The first-order chi connectivity index (χ1) is 12.4. The highest BCUT2D eigenvalue weighted by Gasteiger charge is 2.22. The molecule has 0 aliphatic rings. The number of rotatable bonds is 4. The Kier molecular flexibility index (Phi) is 4.57. The monoisotopic (exact) mass is 358 g/mol. The van der Waals surface area contributed by atoms with Crippen molar-refractivity contribution >= 4 is 28.7 Å². The minimum Gasteiger partial charge on any atom is -0.465 e. The van der Waals surface area contributed by atoms with E-state index in [1.54, 1.807) is 0 Å². The van der Waals surface area contributed by atoms with Gasteiger partial charge in [-0.2, -0.15) is 0 Å². The number of carbonyl (C=O) groups excluding carboxylic acids is 2. The molecule has 1 unspecified atom stereocenters. The zero-order chi connectivity index (χ0) is 18.8. The van der Waals surface area contributed by atoms with Gasteiger partial charge in [-0.05, 0) is 49.4 Å². The van der Waals surface area contributed by atoms with Crippen LogP contribution in [0.1, 0.15) is 23.3 Å². The highest BCUT2D eigenvalue weighted by Crippen LogP contribution is 2.20. The summed E-state index contributed by atoms with van der Waals surface area (Å²) in [6.07, 6.45) is 0. The Hall–Kier alpha value is -3.42. The van der Waals surface area contributed by atoms with Crippen molar-refractivity contribution in [3.05, 3.63) is 64.4 Å². The molecule has 0 spiro atoms. The van der Waals surface area contributed by atoms with E-state index in [0.717, 1.165) is 0 Å². The summed E-state index contributed by atoms with van der Waals surface area (Å²) in [5.74, 6) is -2.19. The maximum atomic E-state index is 12.9. The maximum Gasteiger partial charge on any atom is 0.420 e. The van der Waals surface area contributed by atoms with Crippen LogP contribution in [0.2, 0.25) is 0 Å². The van der Waals surface area contributed by atoms with Crippen LogP contribution in [-0.2, 0) is 9.53 Å². The number of carbonyl (C=O) groups is 2. The van der Waals surface area contributed by atoms with Crippen LogP contribution in [0.15, 0.2) is 51.7 Å². The molecule has 2 aromatic carbocycles. The van der Waals surface area contributed by atoms with Gasteiger partial charge in [-0.1, -0.05) is 0 Å². The molecule has 0 aliphatic carbocycles. The van der Waals surface area contributed by atoms with Crippen molar-refractivity contribution in [3.8, 4) is 0 Å². The number of nitrogens with zero attached hydrogens (tertiary/aromatic N) is 1. The van der Waals surface area contributed by atoms with E-state index in [9.17, 15) is 18.8 Å². The van der Waals surface area contributed by atoms with Gasteiger partial charge < -0.3 is 14.5 Å². The highest BCUT2D eigenvalue weighted by atomic mass is 19.1. The number of anilines is 1. The minimum absolute atomic E-state index is 0.166. The maximum absolute atomic E-state index is 12.9. The number of hydrogen-bond acceptors (Lipinski definition) is 5. The number of oxazole rings is 1. The molecule has 1 heterocycles. The number of methoxy groups -OCH3 is 1. The Morgan fingerprint density at radius 3 is 2.54 bits per heavy atom. The van der Waals surface area contributed by atoms with E-state index < -0.39 is 29.5 Å². The predicted molar refractivity (Wildman–Crippen MR) is 91.6 cm³/mol. The normalized spacial score (nSPS) is 12.0. The molecule has 0 saturated carbocycles. The molecule has 26 heavy (non-hydrogen) atoms. The summed E-state index contributed by atoms with van der Waals surface area (Å²) < 4.78 is 23.9. The Bertz CT molecular complexity index is 1040. The zero-order valence-electron chi connectivity index (χ0n) is 14.0. The van der Waals surface area contributed by atoms with Crippen molar-refractivity contribution in [1.82, 2.24) is 4.57 Å². The highest BCUT2D eigenvalue weighted by molar-refractivity contribution is 5.95. The Morgan fingerprint density at radius 1 is 1.19 bits per heavy atom. The topological polar surface area (TPSA) is 90.5 Å². The summed E-state index contributed by atoms with van der Waals surface area (Å²) in [6, 6.07) is 8.74. The number of benzene rings is 2. The van der Waals surface area contributed by atoms with Gasteiger partial charge in [0, 0.05) is 5.69 Å². The van der Waals surface area contributed by atoms with E-state index in [-0.39, 0.29) is 11.1 Å². The molecule has 7 nitrogen and oxygen atoms in total. The fourth-order valence-electron chi connectivity index (χ4n) is 2.55. The third-order valence-electron chi connectivity index (χ3n) is 3.91. The second kappa shape index (κ2) is 6.83. The fraction of sp³-hybridized carbons (Fsp3) is 0.167. The number of hydrogen-bond donors (Lipinski definition) is 1. The number of esters is 1. The molecule has 8 heteroatoms. The summed E-state index contributed by atoms with van der Waals surface area (Å²) in [6.45, 7) is 1.53. The van der Waals surface area contributed by atoms with Crippen molar-refractivity contribution in [2.75, 3.05) is 12.4 Å². The Labute approximate surface area is 147 Å². The van der Waals surface area contributed by atoms with Crippen LogP contribution >= 0.6 is 0 Å². The summed E-state index contributed by atoms with van der Waals surface area (Å²) in [4.78, 5) is 36.2. The largest absolute Gasteiger partial charge is 0.465 e. The predicted octanol–water partition coefficient (Wildman–Crippen LogP) is 2.72. The SMILES string of the molecule is COC(=O)c1ccc2c(c1)oc(=O)n2C(C)C(=O)Nc1ccc(F)cc1. The molecule has 1 atom stereocenters. The molecule has 3 rings (SSSR count). The van der Waals surface area contributed by atoms with Crippen LogP contribution in [0, 0.1) is 5.82 Å². The van der Waals surface area contributed by atoms with Gasteiger partial charge >= 0.3 is 11.7 Å². The first-order valence-corrected chi connectivity index (χ1v) is 7.70. The first-order valence-electron chi connectivity index (χ1n) is 7.70. The average Bonchev–Trinajstić information content (AvgIpc) is 2.97. The molecular weight excluding hydrogens is 343 g/mol. The van der Waals surface area contributed by atoms with Crippen molar-refractivity contribution < 1.29 is 23.1 Å². The van der Waals surface area contributed by atoms with E-state index in [1.165, 1.54) is 61.1 Å². The van der Waals surface area contributed by atoms with E-state index >= 15 is 0 Å². The second-order valence-electron chi connectivity index (χ2n) is 5.58. The van der Waals surface area contributed by atoms with E-state index in [1.807, 2.05) is 0 Å². The quantitative estimate of drug-likeness (QED) is 0.724. The van der Waals surface area contributed by atoms with Gasteiger partial charge in [0.1, 0.15) is 11.9 Å². The molecule has 1 aromatic heterocycles. The number of ether oxygens (including phenoxy) is 1. The molecule has 3 aromatic rings. The number of aromatic nitrogens is 1. The molecule has 0 bridgehead atoms. The Balaban J connectivity index is 1.92. The van der Waals surface area contributed by atoms with Crippen LogP contribution in [0.25, 0.3) is 11.1 Å². The molecule has 1 amide bonds. The lowest BCUT2D eigenvalue weighted by atomic mass is 10.2. The van der Waals surface area contributed by atoms with Crippen molar-refractivity contribution in [1.29, 1.82) is 0 Å². The van der Waals surface area contributed by atoms with Gasteiger partial charge in [0.05, 0.1) is 18.2 Å². The van der Waals surface area contributed by atoms with Crippen LogP contribution in [0.5, 0.6) is 0 Å². The van der Waals surface area contributed by atoms with E-state index in [0.29, 0.717) is 11.2 Å². The molecule has 0 saturated heterocycles. The number of amides is 1. The lowest BCUT2D eigenvalue weighted by Gasteiger charge is -2.13. The van der Waals surface area contributed by atoms with E-state index in [4.69, 9.17) is 4.42 Å². The second-order valence-corrected chi connectivity index (χ2v) is 5.58. The summed E-state index contributed by atoms with van der Waals surface area (Å²) in [5.41, 5.74) is 1.16. The lowest BCUT2D eigenvalue weighted by molar-refractivity contribution is -0.118. The van der Waals surface area contributed by atoms with Crippen molar-refractivity contribution in [2.45, 2.75) is 13.0 Å². The number of halogens is 1. The fourth-order valence-corrected chi connectivity index (χ4v) is 2.55. The van der Waals surface area contributed by atoms with Gasteiger partial charge in [-0.15, -0.1) is 0 Å². The summed E-state index contributed by atoms with van der Waals surface area (Å²) >= 11 is 0. The van der Waals surface area contributed by atoms with Gasteiger partial charge in [0.2, 0.25) is 5.91 Å². The molecule has 1 N–H and O–H groups in total. The number of fused-ring (bicyclic) bond motifs is 1. The van der Waals surface area contributed by atoms with Crippen molar-refractivity contribution in [3.63, 3.8) is 0 Å². The van der Waals surface area contributed by atoms with Crippen LogP contribution in [0.3, 0.4) is 0 Å². The minimum atomic E-state index is -0.891. The molecule has 134 valence electrons. The van der Waals surface area contributed by atoms with Gasteiger partial charge in [-0.25, -0.2) is 14.0 Å². The van der Waals surface area contributed by atoms with Crippen LogP contribution < -0.4 is 11.1 Å². The van der Waals surface area contributed by atoms with Gasteiger partial charge in [0.25, 0.3) is 0 Å². The summed E-state index contributed by atoms with van der Waals surface area (Å²) in [7, 11) is 1.25. The van der Waals surface area contributed by atoms with E-state index in [2.05, 4.69) is 10.1 Å². The Morgan fingerprint density at radius 2 is 1.88 bits per heavy atom. The standard InChI is InChI=1S/C18H15FN2O5/c1-10(16(22)20-13-6-4-12(19)5-7-13)21-14-8-3-11(17(23)25-2)9-15(14)26-18(21)24/h3-10H,1-2H3,(H,20,22). The zero-order valence-corrected chi connectivity index (χ0v) is 14.0. The molecule has 0 fully saturated rings. The van der Waals surface area contributed by atoms with Crippen LogP contribution in [-0.4, -0.2) is 23.6 Å². The smallest absolute Gasteiger partial charge is 0.420 e. The third-order valence-corrected chi connectivity index (χ3v) is 3.91. The van der Waals surface area contributed by atoms with Gasteiger partial charge in [0.15, 0.2) is 5.58 Å². The molecule has 0 radical (unpaired) electrons. The molecule has 0 aliphatic heterocycles. The van der Waals surface area contributed by atoms with Crippen molar-refractivity contribution in [2.24, 2.45) is 0 Å².